The number of piperazine rings is 1. The second-order valence-corrected chi connectivity index (χ2v) is 13.1. The van der Waals surface area contributed by atoms with Gasteiger partial charge in [0.25, 0.3) is 5.91 Å². The summed E-state index contributed by atoms with van der Waals surface area (Å²) in [6.07, 6.45) is -3.37. The number of ether oxygens (including phenoxy) is 1. The maximum atomic E-state index is 14.2. The molecule has 0 aliphatic carbocycles. The Morgan fingerprint density at radius 3 is 2.53 bits per heavy atom. The van der Waals surface area contributed by atoms with Gasteiger partial charge in [-0.1, -0.05) is 12.1 Å². The van der Waals surface area contributed by atoms with Crippen LogP contribution in [0.2, 0.25) is 0 Å². The Morgan fingerprint density at radius 2 is 1.81 bits per heavy atom. The summed E-state index contributed by atoms with van der Waals surface area (Å²) >= 11 is 0. The Morgan fingerprint density at radius 1 is 1.04 bits per heavy atom. The van der Waals surface area contributed by atoms with Gasteiger partial charge >= 0.3 is 6.18 Å². The standard InChI is InChI=1S/C32H39F3N7O4P/c1-4-45-47(46-5-2)20-21-6-8-22(9-7-21)37-31-36-16-25(32(33,34)35)29(39-31)38-26-10-11-27(24-18-40(3)30(43)28(24)26)42-13-12-41-14-15-44-19-23(41)17-42/h6-11,16,23H,4-5,12-15,17-20H2,1-3H3,(H2,36,37,38,39). The molecule has 11 nitrogen and oxygen atoms in total. The summed E-state index contributed by atoms with van der Waals surface area (Å²) in [6.45, 7) is 9.98. The normalized spacial score (nSPS) is 18.4. The van der Waals surface area contributed by atoms with Crippen molar-refractivity contribution in [3.05, 3.63) is 64.8 Å². The molecule has 2 fully saturated rings. The van der Waals surface area contributed by atoms with Gasteiger partial charge in [0.15, 0.2) is 8.38 Å². The van der Waals surface area contributed by atoms with Gasteiger partial charge in [0.1, 0.15) is 11.4 Å². The lowest BCUT2D eigenvalue weighted by atomic mass is 10.0. The molecule has 252 valence electrons. The molecular formula is C32H39F3N7O4P. The van der Waals surface area contributed by atoms with Crippen molar-refractivity contribution in [2.24, 2.45) is 0 Å². The summed E-state index contributed by atoms with van der Waals surface area (Å²) < 4.78 is 59.6. The van der Waals surface area contributed by atoms with E-state index in [9.17, 15) is 18.0 Å². The number of hydrogen-bond acceptors (Lipinski definition) is 10. The van der Waals surface area contributed by atoms with E-state index in [1.807, 2.05) is 32.0 Å². The van der Waals surface area contributed by atoms with E-state index in [4.69, 9.17) is 13.8 Å². The summed E-state index contributed by atoms with van der Waals surface area (Å²) in [7, 11) is 0.638. The number of carbonyl (C=O) groups is 1. The highest BCUT2D eigenvalue weighted by Crippen LogP contribution is 2.43. The average Bonchev–Trinajstić information content (AvgIpc) is 3.35. The molecule has 0 radical (unpaired) electrons. The van der Waals surface area contributed by atoms with Crippen LogP contribution in [-0.4, -0.2) is 91.4 Å². The Hall–Kier alpha value is -3.55. The van der Waals surface area contributed by atoms with Crippen molar-refractivity contribution < 1.29 is 31.8 Å². The molecule has 2 N–H and O–H groups in total. The van der Waals surface area contributed by atoms with Gasteiger partial charge in [0.2, 0.25) is 5.95 Å². The lowest BCUT2D eigenvalue weighted by Crippen LogP contribution is -2.58. The fourth-order valence-corrected chi connectivity index (χ4v) is 7.51. The number of aromatic nitrogens is 2. The van der Waals surface area contributed by atoms with Gasteiger partial charge in [0, 0.05) is 69.1 Å². The van der Waals surface area contributed by atoms with Gasteiger partial charge in [-0.25, -0.2) is 4.98 Å². The summed E-state index contributed by atoms with van der Waals surface area (Å²) in [5.74, 6) is -0.734. The van der Waals surface area contributed by atoms with Crippen molar-refractivity contribution in [1.29, 1.82) is 0 Å². The second-order valence-electron chi connectivity index (χ2n) is 11.6. The maximum Gasteiger partial charge on any atom is 0.421 e. The molecule has 0 spiro atoms. The second kappa shape index (κ2) is 14.3. The number of fused-ring (bicyclic) bond motifs is 2. The molecule has 2 saturated heterocycles. The van der Waals surface area contributed by atoms with Crippen molar-refractivity contribution in [2.75, 3.05) is 75.2 Å². The number of carbonyl (C=O) groups excluding carboxylic acids is 1. The number of halogens is 3. The van der Waals surface area contributed by atoms with Crippen LogP contribution < -0.4 is 15.5 Å². The number of amides is 1. The molecule has 47 heavy (non-hydrogen) atoms. The highest BCUT2D eigenvalue weighted by molar-refractivity contribution is 7.46. The van der Waals surface area contributed by atoms with E-state index >= 15 is 0 Å². The minimum absolute atomic E-state index is 0.0246. The summed E-state index contributed by atoms with van der Waals surface area (Å²) in [4.78, 5) is 27.8. The highest BCUT2D eigenvalue weighted by Gasteiger charge is 2.38. The Kier molecular flexibility index (Phi) is 10.1. The highest BCUT2D eigenvalue weighted by atomic mass is 31.2. The monoisotopic (exact) mass is 673 g/mol. The molecule has 3 aliphatic rings. The van der Waals surface area contributed by atoms with Crippen LogP contribution in [0.15, 0.2) is 42.6 Å². The molecule has 3 aromatic rings. The number of nitrogens with one attached hydrogen (secondary N) is 2. The number of hydrogen-bond donors (Lipinski definition) is 2. The zero-order valence-corrected chi connectivity index (χ0v) is 27.5. The number of rotatable bonds is 11. The lowest BCUT2D eigenvalue weighted by molar-refractivity contribution is -0.137. The maximum absolute atomic E-state index is 14.2. The summed E-state index contributed by atoms with van der Waals surface area (Å²) in [5, 5.41) is 5.86. The van der Waals surface area contributed by atoms with Crippen LogP contribution in [0.1, 0.15) is 40.9 Å². The van der Waals surface area contributed by atoms with Crippen LogP contribution in [0, 0.1) is 0 Å². The first-order chi connectivity index (χ1) is 22.6. The Balaban J connectivity index is 1.25. The van der Waals surface area contributed by atoms with Gasteiger partial charge < -0.3 is 34.2 Å². The van der Waals surface area contributed by atoms with Crippen LogP contribution in [-0.2, 0) is 32.7 Å². The minimum Gasteiger partial charge on any atom is -0.378 e. The summed E-state index contributed by atoms with van der Waals surface area (Å²) in [5.41, 5.74) is 2.87. The van der Waals surface area contributed by atoms with E-state index in [1.54, 1.807) is 30.1 Å². The molecule has 15 heteroatoms. The molecule has 6 rings (SSSR count). The first-order valence-electron chi connectivity index (χ1n) is 15.7. The molecule has 0 saturated carbocycles. The number of benzene rings is 2. The molecule has 3 aliphatic heterocycles. The summed E-state index contributed by atoms with van der Waals surface area (Å²) in [6, 6.07) is 11.2. The number of nitrogens with zero attached hydrogens (tertiary/aromatic N) is 5. The molecule has 1 amide bonds. The van der Waals surface area contributed by atoms with Crippen LogP contribution in [0.4, 0.5) is 42.0 Å². The molecule has 0 bridgehead atoms. The van der Waals surface area contributed by atoms with Gasteiger partial charge in [-0.15, -0.1) is 0 Å². The topological polar surface area (TPSA) is 104 Å². The first-order valence-corrected chi connectivity index (χ1v) is 17.1. The van der Waals surface area contributed by atoms with E-state index < -0.39 is 25.9 Å². The zero-order chi connectivity index (χ0) is 33.1. The Labute approximate surface area is 273 Å². The smallest absolute Gasteiger partial charge is 0.378 e. The molecule has 1 unspecified atom stereocenters. The zero-order valence-electron chi connectivity index (χ0n) is 26.6. The van der Waals surface area contributed by atoms with Crippen molar-refractivity contribution in [1.82, 2.24) is 19.8 Å². The molecule has 4 heterocycles. The van der Waals surface area contributed by atoms with Crippen LogP contribution in [0.3, 0.4) is 0 Å². The van der Waals surface area contributed by atoms with E-state index in [1.165, 1.54) is 0 Å². The Bertz CT molecular complexity index is 1570. The third-order valence-corrected chi connectivity index (χ3v) is 10.2. The minimum atomic E-state index is -4.73. The van der Waals surface area contributed by atoms with Gasteiger partial charge in [-0.05, 0) is 43.7 Å². The largest absolute Gasteiger partial charge is 0.421 e. The molecular weight excluding hydrogens is 634 g/mol. The number of anilines is 5. The molecule has 1 atom stereocenters. The molecule has 1 aromatic heterocycles. The van der Waals surface area contributed by atoms with E-state index in [2.05, 4.69) is 30.4 Å². The third-order valence-electron chi connectivity index (χ3n) is 8.44. The van der Waals surface area contributed by atoms with Gasteiger partial charge in [0.05, 0.1) is 43.7 Å². The fourth-order valence-electron chi connectivity index (χ4n) is 6.17. The van der Waals surface area contributed by atoms with Gasteiger partial charge in [-0.2, -0.15) is 18.2 Å². The quantitative estimate of drug-likeness (QED) is 0.237. The van der Waals surface area contributed by atoms with E-state index in [-0.39, 0.29) is 23.6 Å². The van der Waals surface area contributed by atoms with Crippen molar-refractivity contribution in [3.63, 3.8) is 0 Å². The van der Waals surface area contributed by atoms with Crippen molar-refractivity contribution in [3.8, 4) is 0 Å². The molecule has 2 aromatic carbocycles. The number of morpholine rings is 1. The van der Waals surface area contributed by atoms with E-state index in [0.717, 1.165) is 55.8 Å². The van der Waals surface area contributed by atoms with Crippen molar-refractivity contribution in [2.45, 2.75) is 38.8 Å². The third kappa shape index (κ3) is 7.47. The first kappa shape index (κ1) is 33.4. The predicted octanol–water partition coefficient (Wildman–Crippen LogP) is 5.97. The van der Waals surface area contributed by atoms with Crippen LogP contribution in [0.25, 0.3) is 0 Å². The van der Waals surface area contributed by atoms with Gasteiger partial charge in [-0.3, -0.25) is 9.69 Å². The average molecular weight is 674 g/mol. The van der Waals surface area contributed by atoms with E-state index in [0.29, 0.717) is 43.8 Å². The predicted molar refractivity (Wildman–Crippen MR) is 175 cm³/mol. The SMILES string of the molecule is CCOP(Cc1ccc(Nc2ncc(C(F)(F)F)c(Nc3ccc(N4CCN5CCOCC5C4)c4c3C(=O)N(C)C4)n2)cc1)OCC. The lowest BCUT2D eigenvalue weighted by Gasteiger charge is -2.45. The van der Waals surface area contributed by atoms with Crippen molar-refractivity contribution >= 4 is 43.1 Å². The number of alkyl halides is 3. The fraction of sp³-hybridized carbons (Fsp3) is 0.469. The van der Waals surface area contributed by atoms with Crippen LogP contribution in [0.5, 0.6) is 0 Å². The van der Waals surface area contributed by atoms with Crippen LogP contribution >= 0.6 is 8.38 Å².